The van der Waals surface area contributed by atoms with Gasteiger partial charge in [0.25, 0.3) is 0 Å². The van der Waals surface area contributed by atoms with Gasteiger partial charge in [-0.3, -0.25) is 0 Å². The van der Waals surface area contributed by atoms with Gasteiger partial charge in [-0.1, -0.05) is 41.9 Å². The van der Waals surface area contributed by atoms with Crippen LogP contribution in [0.4, 0.5) is 5.69 Å². The number of rotatable bonds is 2. The summed E-state index contributed by atoms with van der Waals surface area (Å²) in [6, 6.07) is 17.0. The smallest absolute Gasteiger partial charge is 0.199 e. The van der Waals surface area contributed by atoms with Crippen molar-refractivity contribution in [3.05, 3.63) is 59.1 Å². The van der Waals surface area contributed by atoms with Gasteiger partial charge in [-0.25, -0.2) is 0 Å². The number of nitrogens with zero attached hydrogens (tertiary/aromatic N) is 2. The van der Waals surface area contributed by atoms with Crippen LogP contribution in [-0.2, 0) is 0 Å². The molecule has 0 amide bonds. The third kappa shape index (κ3) is 2.30. The summed E-state index contributed by atoms with van der Waals surface area (Å²) in [5.74, 6) is 1.69. The van der Waals surface area contributed by atoms with E-state index in [1.807, 2.05) is 12.1 Å². The highest BCUT2D eigenvalue weighted by Gasteiger charge is 2.44. The predicted molar refractivity (Wildman–Crippen MR) is 96.7 cm³/mol. The number of ether oxygens (including phenoxy) is 1. The van der Waals surface area contributed by atoms with Crippen LogP contribution in [0.15, 0.2) is 48.5 Å². The maximum Gasteiger partial charge on any atom is 0.199 e. The molecule has 2 atom stereocenters. The molecule has 6 rings (SSSR count). The van der Waals surface area contributed by atoms with Crippen molar-refractivity contribution in [2.45, 2.75) is 25.1 Å². The Labute approximate surface area is 147 Å². The third-order valence-corrected chi connectivity index (χ3v) is 5.99. The fourth-order valence-electron chi connectivity index (χ4n) is 4.54. The van der Waals surface area contributed by atoms with E-state index in [0.29, 0.717) is 6.04 Å². The summed E-state index contributed by atoms with van der Waals surface area (Å²) in [6.07, 6.45) is 2.53. The van der Waals surface area contributed by atoms with Gasteiger partial charge < -0.3 is 14.5 Å². The van der Waals surface area contributed by atoms with Crippen molar-refractivity contribution in [3.8, 4) is 5.75 Å². The first-order chi connectivity index (χ1) is 11.8. The molecule has 2 aromatic rings. The molecule has 0 saturated carbocycles. The Morgan fingerprint density at radius 2 is 1.79 bits per heavy atom. The molecule has 3 fully saturated rings. The van der Waals surface area contributed by atoms with Gasteiger partial charge in [0.05, 0.1) is 5.69 Å². The molecular formula is C20H21ClN2O. The van der Waals surface area contributed by atoms with E-state index >= 15 is 0 Å². The number of halogens is 1. The first-order valence-electron chi connectivity index (χ1n) is 8.81. The Morgan fingerprint density at radius 3 is 2.50 bits per heavy atom. The van der Waals surface area contributed by atoms with Crippen LogP contribution < -0.4 is 9.64 Å². The maximum atomic E-state index is 6.37. The second-order valence-electron chi connectivity index (χ2n) is 7.11. The van der Waals surface area contributed by atoms with Gasteiger partial charge in [0.2, 0.25) is 0 Å². The monoisotopic (exact) mass is 340 g/mol. The number of anilines is 1. The van der Waals surface area contributed by atoms with E-state index in [4.69, 9.17) is 16.3 Å². The molecule has 4 heterocycles. The van der Waals surface area contributed by atoms with Crippen LogP contribution in [0.5, 0.6) is 5.75 Å². The van der Waals surface area contributed by atoms with E-state index in [2.05, 4.69) is 46.2 Å². The quantitative estimate of drug-likeness (QED) is 0.809. The second-order valence-corrected chi connectivity index (χ2v) is 7.54. The molecule has 0 aromatic heterocycles. The third-order valence-electron chi connectivity index (χ3n) is 5.75. The van der Waals surface area contributed by atoms with Crippen molar-refractivity contribution in [2.24, 2.45) is 5.92 Å². The topological polar surface area (TPSA) is 15.7 Å². The minimum absolute atomic E-state index is 0.0507. The summed E-state index contributed by atoms with van der Waals surface area (Å²) in [5, 5.41) is 0.775. The maximum absolute atomic E-state index is 6.37. The molecular weight excluding hydrogens is 320 g/mol. The average Bonchev–Trinajstić information content (AvgIpc) is 3.02. The molecule has 2 aromatic carbocycles. The van der Waals surface area contributed by atoms with Crippen LogP contribution in [0.3, 0.4) is 0 Å². The molecule has 3 nitrogen and oxygen atoms in total. The van der Waals surface area contributed by atoms with Gasteiger partial charge in [0.1, 0.15) is 5.75 Å². The second kappa shape index (κ2) is 5.68. The van der Waals surface area contributed by atoms with E-state index in [-0.39, 0.29) is 6.23 Å². The standard InChI is InChI=1S/C20H21ClN2O/c21-16-6-7-19-17(12-16)23(18-13-22-10-8-14(18)9-11-22)20(24-19)15-4-2-1-3-5-15/h1-7,12,14,18,20H,8-11,13H2. The predicted octanol–water partition coefficient (Wildman–Crippen LogP) is 4.33. The Bertz CT molecular complexity index is 743. The summed E-state index contributed by atoms with van der Waals surface area (Å²) >= 11 is 6.31. The SMILES string of the molecule is Clc1ccc2c(c1)N(C1CN3CCC1CC3)C(c1ccccc1)O2. The van der Waals surface area contributed by atoms with Gasteiger partial charge in [-0.15, -0.1) is 0 Å². The van der Waals surface area contributed by atoms with E-state index < -0.39 is 0 Å². The molecule has 2 unspecified atom stereocenters. The number of hydrogen-bond donors (Lipinski definition) is 0. The zero-order chi connectivity index (χ0) is 16.1. The van der Waals surface area contributed by atoms with Crippen molar-refractivity contribution in [1.29, 1.82) is 0 Å². The first kappa shape index (κ1) is 14.6. The van der Waals surface area contributed by atoms with Gasteiger partial charge >= 0.3 is 0 Å². The minimum Gasteiger partial charge on any atom is -0.464 e. The Hall–Kier alpha value is -1.71. The zero-order valence-electron chi connectivity index (χ0n) is 13.6. The molecule has 2 bridgehead atoms. The number of piperidine rings is 3. The molecule has 24 heavy (non-hydrogen) atoms. The van der Waals surface area contributed by atoms with E-state index in [0.717, 1.165) is 28.9 Å². The molecule has 124 valence electrons. The molecule has 4 aliphatic rings. The molecule has 0 spiro atoms. The number of hydrogen-bond acceptors (Lipinski definition) is 3. The lowest BCUT2D eigenvalue weighted by atomic mass is 9.82. The van der Waals surface area contributed by atoms with Crippen LogP contribution in [0.1, 0.15) is 24.6 Å². The van der Waals surface area contributed by atoms with Crippen molar-refractivity contribution < 1.29 is 4.74 Å². The molecule has 0 radical (unpaired) electrons. The normalized spacial score (nSPS) is 31.0. The molecule has 0 aliphatic carbocycles. The van der Waals surface area contributed by atoms with Gasteiger partial charge in [0, 0.05) is 23.2 Å². The molecule has 4 heteroatoms. The first-order valence-corrected chi connectivity index (χ1v) is 9.19. The highest BCUT2D eigenvalue weighted by molar-refractivity contribution is 6.31. The summed E-state index contributed by atoms with van der Waals surface area (Å²) in [5.41, 5.74) is 2.36. The summed E-state index contributed by atoms with van der Waals surface area (Å²) in [4.78, 5) is 5.09. The van der Waals surface area contributed by atoms with Crippen molar-refractivity contribution >= 4 is 17.3 Å². The fraction of sp³-hybridized carbons (Fsp3) is 0.400. The fourth-order valence-corrected chi connectivity index (χ4v) is 4.71. The Morgan fingerprint density at radius 1 is 1.00 bits per heavy atom. The van der Waals surface area contributed by atoms with Crippen molar-refractivity contribution in [3.63, 3.8) is 0 Å². The summed E-state index contributed by atoms with van der Waals surface area (Å²) in [6.45, 7) is 3.62. The minimum atomic E-state index is -0.0507. The highest BCUT2D eigenvalue weighted by atomic mass is 35.5. The lowest BCUT2D eigenvalue weighted by Crippen LogP contribution is -2.57. The highest BCUT2D eigenvalue weighted by Crippen LogP contribution is 2.48. The van der Waals surface area contributed by atoms with Crippen LogP contribution in [0.25, 0.3) is 0 Å². The molecule has 3 saturated heterocycles. The van der Waals surface area contributed by atoms with E-state index in [9.17, 15) is 0 Å². The Balaban J connectivity index is 1.58. The molecule has 0 N–H and O–H groups in total. The largest absolute Gasteiger partial charge is 0.464 e. The Kier molecular flexibility index (Phi) is 3.46. The van der Waals surface area contributed by atoms with Gasteiger partial charge in [0.15, 0.2) is 6.23 Å². The lowest BCUT2D eigenvalue weighted by Gasteiger charge is -2.49. The van der Waals surface area contributed by atoms with Crippen molar-refractivity contribution in [1.82, 2.24) is 4.90 Å². The zero-order valence-corrected chi connectivity index (χ0v) is 14.3. The van der Waals surface area contributed by atoms with Crippen LogP contribution in [0.2, 0.25) is 5.02 Å². The number of benzene rings is 2. The van der Waals surface area contributed by atoms with Crippen LogP contribution >= 0.6 is 11.6 Å². The van der Waals surface area contributed by atoms with Crippen LogP contribution in [0, 0.1) is 5.92 Å². The summed E-state index contributed by atoms with van der Waals surface area (Å²) < 4.78 is 6.37. The average molecular weight is 341 g/mol. The molecule has 4 aliphatic heterocycles. The lowest BCUT2D eigenvalue weighted by molar-refractivity contribution is 0.0700. The number of fused-ring (bicyclic) bond motifs is 4. The van der Waals surface area contributed by atoms with Gasteiger partial charge in [-0.2, -0.15) is 0 Å². The van der Waals surface area contributed by atoms with Gasteiger partial charge in [-0.05, 0) is 50.0 Å². The van der Waals surface area contributed by atoms with Crippen molar-refractivity contribution in [2.75, 3.05) is 24.5 Å². The summed E-state index contributed by atoms with van der Waals surface area (Å²) in [7, 11) is 0. The van der Waals surface area contributed by atoms with E-state index in [1.165, 1.54) is 31.5 Å². The van der Waals surface area contributed by atoms with E-state index in [1.54, 1.807) is 0 Å². The van der Waals surface area contributed by atoms with Crippen LogP contribution in [-0.4, -0.2) is 30.6 Å².